The first-order valence-corrected chi connectivity index (χ1v) is 11.8. The number of aliphatic hydroxyl groups is 1. The van der Waals surface area contributed by atoms with Crippen molar-refractivity contribution in [3.8, 4) is 5.75 Å². The molecule has 1 saturated heterocycles. The molecule has 176 valence electrons. The minimum atomic E-state index is -0.883. The molecule has 2 aliphatic rings. The molecule has 9 heteroatoms. The van der Waals surface area contributed by atoms with Gasteiger partial charge >= 0.3 is 0 Å². The molecule has 1 aliphatic heterocycles. The molecule has 2 fully saturated rings. The molecule has 1 saturated carbocycles. The Bertz CT molecular complexity index is 998. The van der Waals surface area contributed by atoms with Gasteiger partial charge in [-0.2, -0.15) is 0 Å². The van der Waals surface area contributed by atoms with Gasteiger partial charge in [0.05, 0.1) is 12.1 Å². The van der Waals surface area contributed by atoms with Crippen LogP contribution in [-0.2, 0) is 11.3 Å². The Kier molecular flexibility index (Phi) is 7.75. The zero-order valence-corrected chi connectivity index (χ0v) is 19.7. The number of nitrogens with one attached hydrogen (secondary N) is 1. The molecule has 33 heavy (non-hydrogen) atoms. The van der Waals surface area contributed by atoms with E-state index in [4.69, 9.17) is 27.9 Å². The van der Waals surface area contributed by atoms with Crippen molar-refractivity contribution in [2.24, 2.45) is 0 Å². The first kappa shape index (κ1) is 23.8. The largest absolute Gasteiger partial charge is 0.490 e. The number of β-amino-alcohol motifs (C(OH)–C–C–N with tert-alkyl or cyclic N) is 1. The van der Waals surface area contributed by atoms with Gasteiger partial charge in [-0.3, -0.25) is 14.5 Å². The summed E-state index contributed by atoms with van der Waals surface area (Å²) in [7, 11) is 0. The number of benzene rings is 2. The third-order valence-electron chi connectivity index (χ3n) is 5.68. The van der Waals surface area contributed by atoms with Crippen LogP contribution in [0.15, 0.2) is 42.5 Å². The van der Waals surface area contributed by atoms with Crippen molar-refractivity contribution in [2.45, 2.75) is 31.5 Å². The Labute approximate surface area is 203 Å². The van der Waals surface area contributed by atoms with Crippen LogP contribution in [0.4, 0.5) is 0 Å². The minimum absolute atomic E-state index is 0.0368. The lowest BCUT2D eigenvalue weighted by molar-refractivity contribution is -0.138. The maximum atomic E-state index is 12.6. The lowest BCUT2D eigenvalue weighted by Crippen LogP contribution is -2.52. The van der Waals surface area contributed by atoms with E-state index >= 15 is 0 Å². The molecule has 4 rings (SSSR count). The standard InChI is InChI=1S/C24H27Cl2N3O4/c25-17-3-1-16(2-4-17)12-28-9-10-29(23(31)14-28)13-20(30)15-33-22-8-5-18(26)11-21(22)24(32)27-19-6-7-19/h1-5,8,11,19-20,30H,6-7,9-10,12-15H2,(H,27,32)/t20-/m1/s1. The van der Waals surface area contributed by atoms with Crippen LogP contribution in [0.3, 0.4) is 0 Å². The van der Waals surface area contributed by atoms with Crippen LogP contribution in [0.1, 0.15) is 28.8 Å². The SMILES string of the molecule is O=C(NC1CC1)c1cc(Cl)ccc1OC[C@H](O)CN1CCN(Cc2ccc(Cl)cc2)CC1=O. The molecular weight excluding hydrogens is 465 g/mol. The van der Waals surface area contributed by atoms with E-state index in [-0.39, 0.29) is 31.0 Å². The van der Waals surface area contributed by atoms with Crippen LogP contribution in [0, 0.1) is 0 Å². The summed E-state index contributed by atoms with van der Waals surface area (Å²) in [5, 5.41) is 14.5. The Morgan fingerprint density at radius 1 is 1.12 bits per heavy atom. The molecule has 0 radical (unpaired) electrons. The second-order valence-corrected chi connectivity index (χ2v) is 9.40. The van der Waals surface area contributed by atoms with Crippen molar-refractivity contribution < 1.29 is 19.4 Å². The normalized spacial score (nSPS) is 17.7. The number of carbonyl (C=O) groups excluding carboxylic acids is 2. The van der Waals surface area contributed by atoms with Gasteiger partial charge in [0.25, 0.3) is 5.91 Å². The lowest BCUT2D eigenvalue weighted by atomic mass is 10.2. The van der Waals surface area contributed by atoms with E-state index in [0.29, 0.717) is 47.5 Å². The van der Waals surface area contributed by atoms with Crippen LogP contribution in [0.2, 0.25) is 10.0 Å². The summed E-state index contributed by atoms with van der Waals surface area (Å²) in [6.07, 6.45) is 1.07. The van der Waals surface area contributed by atoms with Gasteiger partial charge in [0.1, 0.15) is 18.5 Å². The number of halogens is 2. The van der Waals surface area contributed by atoms with Gasteiger partial charge in [0, 0.05) is 42.3 Å². The average molecular weight is 492 g/mol. The summed E-state index contributed by atoms with van der Waals surface area (Å²) in [5.74, 6) is 0.0810. The molecule has 1 aliphatic carbocycles. The molecular formula is C24H27Cl2N3O4. The molecule has 0 bridgehead atoms. The molecule has 0 spiro atoms. The van der Waals surface area contributed by atoms with Crippen molar-refractivity contribution >= 4 is 35.0 Å². The van der Waals surface area contributed by atoms with Gasteiger partial charge < -0.3 is 20.1 Å². The fourth-order valence-electron chi connectivity index (χ4n) is 3.72. The summed E-state index contributed by atoms with van der Waals surface area (Å²) >= 11 is 12.0. The van der Waals surface area contributed by atoms with Crippen LogP contribution in [-0.4, -0.2) is 71.7 Å². The fourth-order valence-corrected chi connectivity index (χ4v) is 4.02. The predicted molar refractivity (Wildman–Crippen MR) is 127 cm³/mol. The summed E-state index contributed by atoms with van der Waals surface area (Å²) in [6, 6.07) is 12.6. The number of nitrogens with zero attached hydrogens (tertiary/aromatic N) is 2. The number of amides is 2. The van der Waals surface area contributed by atoms with Crippen molar-refractivity contribution in [1.82, 2.24) is 15.1 Å². The highest BCUT2D eigenvalue weighted by Gasteiger charge is 2.27. The summed E-state index contributed by atoms with van der Waals surface area (Å²) in [5.41, 5.74) is 1.44. The quantitative estimate of drug-likeness (QED) is 0.563. The number of hydrogen-bond acceptors (Lipinski definition) is 5. The number of carbonyl (C=O) groups is 2. The first-order chi connectivity index (χ1) is 15.9. The first-order valence-electron chi connectivity index (χ1n) is 11.0. The van der Waals surface area contributed by atoms with Gasteiger partial charge in [0.2, 0.25) is 5.91 Å². The van der Waals surface area contributed by atoms with E-state index in [0.717, 1.165) is 18.4 Å². The van der Waals surface area contributed by atoms with Crippen molar-refractivity contribution in [3.05, 3.63) is 63.6 Å². The third-order valence-corrected chi connectivity index (χ3v) is 6.17. The number of rotatable bonds is 9. The molecule has 0 unspecified atom stereocenters. The van der Waals surface area contributed by atoms with Crippen LogP contribution < -0.4 is 10.1 Å². The van der Waals surface area contributed by atoms with E-state index < -0.39 is 6.10 Å². The Morgan fingerprint density at radius 2 is 1.85 bits per heavy atom. The lowest BCUT2D eigenvalue weighted by Gasteiger charge is -2.35. The van der Waals surface area contributed by atoms with E-state index in [2.05, 4.69) is 10.2 Å². The smallest absolute Gasteiger partial charge is 0.255 e. The maximum Gasteiger partial charge on any atom is 0.255 e. The monoisotopic (exact) mass is 491 g/mol. The van der Waals surface area contributed by atoms with E-state index in [1.54, 1.807) is 23.1 Å². The van der Waals surface area contributed by atoms with Gasteiger partial charge in [-0.15, -0.1) is 0 Å². The highest BCUT2D eigenvalue weighted by molar-refractivity contribution is 6.31. The van der Waals surface area contributed by atoms with E-state index in [1.807, 2.05) is 24.3 Å². The molecule has 2 amide bonds. The summed E-state index contributed by atoms with van der Waals surface area (Å²) < 4.78 is 5.73. The molecule has 2 aromatic carbocycles. The topological polar surface area (TPSA) is 82.1 Å². The van der Waals surface area contributed by atoms with E-state index in [9.17, 15) is 14.7 Å². The van der Waals surface area contributed by atoms with Crippen LogP contribution in [0.5, 0.6) is 5.75 Å². The maximum absolute atomic E-state index is 12.6. The van der Waals surface area contributed by atoms with Crippen LogP contribution in [0.25, 0.3) is 0 Å². The number of hydrogen-bond donors (Lipinski definition) is 2. The van der Waals surface area contributed by atoms with Gasteiger partial charge in [-0.1, -0.05) is 35.3 Å². The fraction of sp³-hybridized carbons (Fsp3) is 0.417. The number of piperazine rings is 1. The third kappa shape index (κ3) is 6.84. The van der Waals surface area contributed by atoms with Gasteiger partial charge in [-0.25, -0.2) is 0 Å². The molecule has 2 aromatic rings. The molecule has 7 nitrogen and oxygen atoms in total. The number of aliphatic hydroxyl groups excluding tert-OH is 1. The predicted octanol–water partition coefficient (Wildman–Crippen LogP) is 2.97. The zero-order valence-electron chi connectivity index (χ0n) is 18.2. The summed E-state index contributed by atoms with van der Waals surface area (Å²) in [4.78, 5) is 28.8. The molecule has 2 N–H and O–H groups in total. The summed E-state index contributed by atoms with van der Waals surface area (Å²) in [6.45, 7) is 2.34. The molecule has 0 aromatic heterocycles. The number of ether oxygens (including phenoxy) is 1. The van der Waals surface area contributed by atoms with Gasteiger partial charge in [-0.05, 0) is 48.7 Å². The van der Waals surface area contributed by atoms with Crippen molar-refractivity contribution in [2.75, 3.05) is 32.8 Å². The molecule has 1 atom stereocenters. The van der Waals surface area contributed by atoms with Crippen LogP contribution >= 0.6 is 23.2 Å². The zero-order chi connectivity index (χ0) is 23.4. The van der Waals surface area contributed by atoms with E-state index in [1.165, 1.54) is 0 Å². The molecule has 1 heterocycles. The second kappa shape index (κ2) is 10.7. The highest BCUT2D eigenvalue weighted by Crippen LogP contribution is 2.26. The van der Waals surface area contributed by atoms with Crippen molar-refractivity contribution in [3.63, 3.8) is 0 Å². The Hall–Kier alpha value is -2.32. The van der Waals surface area contributed by atoms with Crippen molar-refractivity contribution in [1.29, 1.82) is 0 Å². The second-order valence-electron chi connectivity index (χ2n) is 8.53. The van der Waals surface area contributed by atoms with Gasteiger partial charge in [0.15, 0.2) is 0 Å². The Balaban J connectivity index is 1.26. The minimum Gasteiger partial charge on any atom is -0.490 e. The average Bonchev–Trinajstić information content (AvgIpc) is 3.60. The Morgan fingerprint density at radius 3 is 2.55 bits per heavy atom. The highest BCUT2D eigenvalue weighted by atomic mass is 35.5.